The summed E-state index contributed by atoms with van der Waals surface area (Å²) in [6.45, 7) is 2.71. The van der Waals surface area contributed by atoms with Gasteiger partial charge in [0.2, 0.25) is 0 Å². The predicted octanol–water partition coefficient (Wildman–Crippen LogP) is 4.44. The van der Waals surface area contributed by atoms with Crippen molar-refractivity contribution in [3.05, 3.63) is 18.2 Å². The molecule has 19 heavy (non-hydrogen) atoms. The Bertz CT molecular complexity index is 546. The maximum Gasteiger partial charge on any atom is 0.184 e. The topological polar surface area (TPSA) is 34.1 Å². The van der Waals surface area contributed by atoms with Gasteiger partial charge in [-0.05, 0) is 38.0 Å². The third kappa shape index (κ3) is 3.00. The number of nitrogens with one attached hydrogen (secondary N) is 1. The molecular formula is C15H20N2OS. The highest BCUT2D eigenvalue weighted by Crippen LogP contribution is 2.31. The first kappa shape index (κ1) is 12.7. The zero-order chi connectivity index (χ0) is 13.1. The molecule has 1 aliphatic carbocycles. The lowest BCUT2D eigenvalue weighted by Crippen LogP contribution is -2.21. The molecular weight excluding hydrogens is 256 g/mol. The van der Waals surface area contributed by atoms with Crippen LogP contribution in [0.2, 0.25) is 0 Å². The molecule has 2 aromatic rings. The van der Waals surface area contributed by atoms with Crippen LogP contribution in [0.3, 0.4) is 0 Å². The van der Waals surface area contributed by atoms with Gasteiger partial charge in [-0.2, -0.15) is 0 Å². The van der Waals surface area contributed by atoms with Crippen LogP contribution >= 0.6 is 11.3 Å². The molecule has 3 nitrogen and oxygen atoms in total. The van der Waals surface area contributed by atoms with Crippen molar-refractivity contribution in [3.8, 4) is 5.75 Å². The van der Waals surface area contributed by atoms with Crippen LogP contribution in [0.25, 0.3) is 10.2 Å². The summed E-state index contributed by atoms with van der Waals surface area (Å²) in [6, 6.07) is 6.74. The molecule has 1 heterocycles. The first-order valence-electron chi connectivity index (χ1n) is 7.15. The molecule has 1 fully saturated rings. The maximum atomic E-state index is 5.53. The highest BCUT2D eigenvalue weighted by Gasteiger charge is 2.14. The second-order valence-electron chi connectivity index (χ2n) is 5.06. The lowest BCUT2D eigenvalue weighted by Gasteiger charge is -2.22. The van der Waals surface area contributed by atoms with Crippen molar-refractivity contribution in [2.24, 2.45) is 0 Å². The van der Waals surface area contributed by atoms with Crippen LogP contribution in [-0.2, 0) is 0 Å². The number of rotatable bonds is 4. The number of nitrogens with zero attached hydrogens (tertiary/aromatic N) is 1. The molecule has 0 amide bonds. The Labute approximate surface area is 118 Å². The number of anilines is 1. The van der Waals surface area contributed by atoms with E-state index in [2.05, 4.69) is 16.4 Å². The number of fused-ring (bicyclic) bond motifs is 1. The largest absolute Gasteiger partial charge is 0.494 e. The van der Waals surface area contributed by atoms with Crippen LogP contribution in [0.1, 0.15) is 39.0 Å². The average molecular weight is 276 g/mol. The summed E-state index contributed by atoms with van der Waals surface area (Å²) < 4.78 is 6.73. The van der Waals surface area contributed by atoms with E-state index in [9.17, 15) is 0 Å². The van der Waals surface area contributed by atoms with E-state index in [1.165, 1.54) is 36.8 Å². The van der Waals surface area contributed by atoms with E-state index in [-0.39, 0.29) is 0 Å². The Morgan fingerprint density at radius 2 is 2.16 bits per heavy atom. The van der Waals surface area contributed by atoms with Gasteiger partial charge in [0, 0.05) is 6.04 Å². The van der Waals surface area contributed by atoms with E-state index < -0.39 is 0 Å². The van der Waals surface area contributed by atoms with Crippen LogP contribution < -0.4 is 10.1 Å². The number of hydrogen-bond acceptors (Lipinski definition) is 4. The minimum absolute atomic E-state index is 0.612. The van der Waals surface area contributed by atoms with Crippen molar-refractivity contribution in [1.29, 1.82) is 0 Å². The number of benzene rings is 1. The fourth-order valence-corrected chi connectivity index (χ4v) is 3.62. The summed E-state index contributed by atoms with van der Waals surface area (Å²) in [5.74, 6) is 0.933. The molecule has 1 saturated carbocycles. The molecule has 0 atom stereocenters. The van der Waals surface area contributed by atoms with Gasteiger partial charge in [0.05, 0.1) is 16.8 Å². The van der Waals surface area contributed by atoms with Crippen molar-refractivity contribution in [3.63, 3.8) is 0 Å². The van der Waals surface area contributed by atoms with Crippen LogP contribution in [0.4, 0.5) is 5.13 Å². The molecule has 0 saturated heterocycles. The highest BCUT2D eigenvalue weighted by molar-refractivity contribution is 7.22. The van der Waals surface area contributed by atoms with Crippen LogP contribution in [0.15, 0.2) is 18.2 Å². The van der Waals surface area contributed by atoms with E-state index >= 15 is 0 Å². The fourth-order valence-electron chi connectivity index (χ4n) is 2.64. The smallest absolute Gasteiger partial charge is 0.184 e. The zero-order valence-corrected chi connectivity index (χ0v) is 12.1. The summed E-state index contributed by atoms with van der Waals surface area (Å²) in [6.07, 6.45) is 6.63. The van der Waals surface area contributed by atoms with Crippen LogP contribution in [0, 0.1) is 0 Å². The Balaban J connectivity index is 1.76. The monoisotopic (exact) mass is 276 g/mol. The Kier molecular flexibility index (Phi) is 3.87. The molecule has 0 bridgehead atoms. The fraction of sp³-hybridized carbons (Fsp3) is 0.533. The summed E-state index contributed by atoms with van der Waals surface area (Å²) in [7, 11) is 0. The molecule has 0 unspecified atom stereocenters. The van der Waals surface area contributed by atoms with Crippen molar-refractivity contribution in [2.75, 3.05) is 11.9 Å². The van der Waals surface area contributed by atoms with Gasteiger partial charge in [-0.3, -0.25) is 0 Å². The molecule has 102 valence electrons. The van der Waals surface area contributed by atoms with Gasteiger partial charge < -0.3 is 10.1 Å². The maximum absolute atomic E-state index is 5.53. The van der Waals surface area contributed by atoms with Crippen LogP contribution in [0.5, 0.6) is 5.75 Å². The third-order valence-corrected chi connectivity index (χ3v) is 4.55. The molecule has 3 rings (SSSR count). The average Bonchev–Trinajstić information content (AvgIpc) is 2.82. The van der Waals surface area contributed by atoms with Gasteiger partial charge in [0.1, 0.15) is 5.75 Å². The van der Waals surface area contributed by atoms with E-state index in [1.54, 1.807) is 11.3 Å². The van der Waals surface area contributed by atoms with Gasteiger partial charge in [-0.25, -0.2) is 4.98 Å². The molecule has 0 spiro atoms. The van der Waals surface area contributed by atoms with E-state index in [0.717, 1.165) is 16.4 Å². The number of hydrogen-bond donors (Lipinski definition) is 1. The van der Waals surface area contributed by atoms with Gasteiger partial charge in [0.15, 0.2) is 5.13 Å². The molecule has 1 N–H and O–H groups in total. The van der Waals surface area contributed by atoms with Crippen molar-refractivity contribution in [2.45, 2.75) is 45.1 Å². The van der Waals surface area contributed by atoms with Crippen molar-refractivity contribution >= 4 is 26.7 Å². The molecule has 0 aliphatic heterocycles. The van der Waals surface area contributed by atoms with Gasteiger partial charge in [-0.1, -0.05) is 30.6 Å². The second-order valence-corrected chi connectivity index (χ2v) is 6.09. The minimum atomic E-state index is 0.612. The first-order valence-corrected chi connectivity index (χ1v) is 7.97. The molecule has 1 aliphatic rings. The first-order chi connectivity index (χ1) is 9.35. The predicted molar refractivity (Wildman–Crippen MR) is 81.3 cm³/mol. The van der Waals surface area contributed by atoms with Crippen molar-refractivity contribution < 1.29 is 4.74 Å². The normalized spacial score (nSPS) is 16.7. The molecule has 1 aromatic heterocycles. The highest BCUT2D eigenvalue weighted by atomic mass is 32.1. The quantitative estimate of drug-likeness (QED) is 0.896. The van der Waals surface area contributed by atoms with Gasteiger partial charge in [0.25, 0.3) is 0 Å². The van der Waals surface area contributed by atoms with E-state index in [1.807, 2.05) is 19.1 Å². The molecule has 4 heteroatoms. The summed E-state index contributed by atoms with van der Waals surface area (Å²) >= 11 is 1.73. The number of ether oxygens (including phenoxy) is 1. The van der Waals surface area contributed by atoms with Gasteiger partial charge in [-0.15, -0.1) is 0 Å². The summed E-state index contributed by atoms with van der Waals surface area (Å²) in [5.41, 5.74) is 1.06. The summed E-state index contributed by atoms with van der Waals surface area (Å²) in [4.78, 5) is 4.66. The van der Waals surface area contributed by atoms with Crippen LogP contribution in [-0.4, -0.2) is 17.6 Å². The lowest BCUT2D eigenvalue weighted by molar-refractivity contribution is 0.341. The standard InChI is InChI=1S/C15H20N2OS/c1-2-18-12-8-9-13-14(10-12)19-15(17-13)16-11-6-4-3-5-7-11/h8-11H,2-7H2,1H3,(H,16,17). The zero-order valence-electron chi connectivity index (χ0n) is 11.3. The second kappa shape index (κ2) is 5.78. The Hall–Kier alpha value is -1.29. The van der Waals surface area contributed by atoms with E-state index in [0.29, 0.717) is 12.6 Å². The molecule has 1 aromatic carbocycles. The number of aromatic nitrogens is 1. The van der Waals surface area contributed by atoms with Gasteiger partial charge >= 0.3 is 0 Å². The molecule has 0 radical (unpaired) electrons. The SMILES string of the molecule is CCOc1ccc2nc(NC3CCCCC3)sc2c1. The Morgan fingerprint density at radius 1 is 1.32 bits per heavy atom. The Morgan fingerprint density at radius 3 is 2.95 bits per heavy atom. The number of thiazole rings is 1. The minimum Gasteiger partial charge on any atom is -0.494 e. The lowest BCUT2D eigenvalue weighted by atomic mass is 9.96. The van der Waals surface area contributed by atoms with Crippen molar-refractivity contribution in [1.82, 2.24) is 4.98 Å². The van der Waals surface area contributed by atoms with E-state index in [4.69, 9.17) is 4.74 Å². The summed E-state index contributed by atoms with van der Waals surface area (Å²) in [5, 5.41) is 4.64. The third-order valence-electron chi connectivity index (χ3n) is 3.60.